The van der Waals surface area contributed by atoms with Crippen LogP contribution < -0.4 is 10.6 Å². The number of amides is 1. The van der Waals surface area contributed by atoms with Gasteiger partial charge in [0.25, 0.3) is 0 Å². The number of methoxy groups -OCH3 is 1. The first-order valence-corrected chi connectivity index (χ1v) is 9.87. The average molecular weight is 405 g/mol. The summed E-state index contributed by atoms with van der Waals surface area (Å²) in [4.78, 5) is 24.0. The van der Waals surface area contributed by atoms with Gasteiger partial charge in [-0.3, -0.25) is 4.79 Å². The van der Waals surface area contributed by atoms with E-state index in [1.807, 2.05) is 0 Å². The smallest absolute Gasteiger partial charge is 0.337 e. The van der Waals surface area contributed by atoms with E-state index in [-0.39, 0.29) is 10.8 Å². The highest BCUT2D eigenvalue weighted by atomic mass is 32.2. The lowest BCUT2D eigenvalue weighted by Gasteiger charge is -2.16. The van der Waals surface area contributed by atoms with Crippen LogP contribution in [-0.4, -0.2) is 51.8 Å². The number of hydrogen-bond donors (Lipinski definition) is 2. The van der Waals surface area contributed by atoms with Crippen molar-refractivity contribution in [1.82, 2.24) is 4.31 Å². The van der Waals surface area contributed by atoms with Gasteiger partial charge in [0.2, 0.25) is 15.9 Å². The highest BCUT2D eigenvalue weighted by Crippen LogP contribution is 2.18. The first-order chi connectivity index (χ1) is 13.1. The molecule has 2 N–H and O–H groups in total. The van der Waals surface area contributed by atoms with Crippen molar-refractivity contribution in [3.05, 3.63) is 54.1 Å². The number of nitrogens with zero attached hydrogens (tertiary/aromatic N) is 1. The van der Waals surface area contributed by atoms with Crippen LogP contribution in [0.1, 0.15) is 17.3 Å². The lowest BCUT2D eigenvalue weighted by molar-refractivity contribution is -0.116. The molecular weight excluding hydrogens is 382 g/mol. The Morgan fingerprint density at radius 2 is 1.68 bits per heavy atom. The van der Waals surface area contributed by atoms with E-state index in [1.54, 1.807) is 43.3 Å². The predicted molar refractivity (Wildman–Crippen MR) is 107 cm³/mol. The summed E-state index contributed by atoms with van der Waals surface area (Å²) in [6.45, 7) is 1.67. The van der Waals surface area contributed by atoms with Gasteiger partial charge in [0.1, 0.15) is 6.04 Å². The quantitative estimate of drug-likeness (QED) is 0.684. The van der Waals surface area contributed by atoms with Gasteiger partial charge in [-0.25, -0.2) is 17.5 Å². The standard InChI is InChI=1S/C19H23N3O5S/c1-13(20-15-10-8-14(9-11-15)19(24)27-4)18(23)21-16-6-5-7-17(12-16)28(25,26)22(2)3/h5-13,20H,1-4H3,(H,21,23)/t13-/m0/s1. The van der Waals surface area contributed by atoms with Crippen LogP contribution >= 0.6 is 0 Å². The molecule has 2 aromatic carbocycles. The molecular formula is C19H23N3O5S. The highest BCUT2D eigenvalue weighted by molar-refractivity contribution is 7.89. The molecule has 2 rings (SSSR count). The third-order valence-corrected chi connectivity index (χ3v) is 5.77. The van der Waals surface area contributed by atoms with Gasteiger partial charge < -0.3 is 15.4 Å². The van der Waals surface area contributed by atoms with E-state index in [4.69, 9.17) is 0 Å². The Kier molecular flexibility index (Phi) is 6.76. The van der Waals surface area contributed by atoms with Crippen LogP contribution in [0.25, 0.3) is 0 Å². The Balaban J connectivity index is 2.06. The number of nitrogens with one attached hydrogen (secondary N) is 2. The Hall–Kier alpha value is -2.91. The molecule has 8 nitrogen and oxygen atoms in total. The molecule has 0 aliphatic heterocycles. The predicted octanol–water partition coefficient (Wildman–Crippen LogP) is 2.16. The van der Waals surface area contributed by atoms with Gasteiger partial charge >= 0.3 is 5.97 Å². The van der Waals surface area contributed by atoms with Crippen molar-refractivity contribution in [2.75, 3.05) is 31.8 Å². The first-order valence-electron chi connectivity index (χ1n) is 8.43. The maximum absolute atomic E-state index is 12.4. The maximum Gasteiger partial charge on any atom is 0.337 e. The van der Waals surface area contributed by atoms with Gasteiger partial charge in [-0.15, -0.1) is 0 Å². The zero-order valence-corrected chi connectivity index (χ0v) is 16.9. The van der Waals surface area contributed by atoms with E-state index < -0.39 is 22.0 Å². The molecule has 0 unspecified atom stereocenters. The molecule has 0 aliphatic carbocycles. The van der Waals surface area contributed by atoms with Crippen LogP contribution in [0.4, 0.5) is 11.4 Å². The number of carbonyl (C=O) groups excluding carboxylic acids is 2. The van der Waals surface area contributed by atoms with Gasteiger partial charge in [-0.1, -0.05) is 6.07 Å². The Bertz CT molecular complexity index is 956. The minimum atomic E-state index is -3.59. The Labute approximate surface area is 164 Å². The number of sulfonamides is 1. The van der Waals surface area contributed by atoms with Crippen LogP contribution in [0.2, 0.25) is 0 Å². The van der Waals surface area contributed by atoms with Crippen molar-refractivity contribution >= 4 is 33.3 Å². The van der Waals surface area contributed by atoms with Crippen molar-refractivity contribution in [3.8, 4) is 0 Å². The molecule has 0 bridgehead atoms. The fraction of sp³-hybridized carbons (Fsp3) is 0.263. The minimum Gasteiger partial charge on any atom is -0.465 e. The molecule has 0 saturated heterocycles. The Morgan fingerprint density at radius 1 is 1.04 bits per heavy atom. The molecule has 0 aromatic heterocycles. The Morgan fingerprint density at radius 3 is 2.25 bits per heavy atom. The number of esters is 1. The van der Waals surface area contributed by atoms with Crippen LogP contribution in [0.5, 0.6) is 0 Å². The van der Waals surface area contributed by atoms with Crippen LogP contribution in [-0.2, 0) is 19.6 Å². The maximum atomic E-state index is 12.4. The average Bonchev–Trinajstić information content (AvgIpc) is 2.68. The van der Waals surface area contributed by atoms with E-state index in [2.05, 4.69) is 15.4 Å². The summed E-state index contributed by atoms with van der Waals surface area (Å²) in [5.74, 6) is -0.777. The molecule has 150 valence electrons. The van der Waals surface area contributed by atoms with Gasteiger partial charge in [0.05, 0.1) is 17.6 Å². The van der Waals surface area contributed by atoms with E-state index in [9.17, 15) is 18.0 Å². The second kappa shape index (κ2) is 8.85. The number of hydrogen-bond acceptors (Lipinski definition) is 6. The number of rotatable bonds is 7. The van der Waals surface area contributed by atoms with Gasteiger partial charge in [-0.2, -0.15) is 0 Å². The van der Waals surface area contributed by atoms with Crippen LogP contribution in [0.3, 0.4) is 0 Å². The van der Waals surface area contributed by atoms with Crippen LogP contribution in [0, 0.1) is 0 Å². The summed E-state index contributed by atoms with van der Waals surface area (Å²) in [6.07, 6.45) is 0. The van der Waals surface area contributed by atoms with Crippen molar-refractivity contribution in [1.29, 1.82) is 0 Å². The number of ether oxygens (including phenoxy) is 1. The largest absolute Gasteiger partial charge is 0.465 e. The topological polar surface area (TPSA) is 105 Å². The minimum absolute atomic E-state index is 0.0920. The molecule has 0 spiro atoms. The SMILES string of the molecule is COC(=O)c1ccc(N[C@@H](C)C(=O)Nc2cccc(S(=O)(=O)N(C)C)c2)cc1. The second-order valence-electron chi connectivity index (χ2n) is 6.24. The zero-order valence-electron chi connectivity index (χ0n) is 16.1. The molecule has 0 radical (unpaired) electrons. The first kappa shape index (κ1) is 21.4. The molecule has 0 saturated carbocycles. The fourth-order valence-corrected chi connectivity index (χ4v) is 3.28. The molecule has 1 amide bonds. The molecule has 9 heteroatoms. The van der Waals surface area contributed by atoms with Crippen LogP contribution in [0.15, 0.2) is 53.4 Å². The summed E-state index contributed by atoms with van der Waals surface area (Å²) >= 11 is 0. The zero-order chi connectivity index (χ0) is 20.9. The fourth-order valence-electron chi connectivity index (χ4n) is 2.33. The van der Waals surface area contributed by atoms with Gasteiger partial charge in [-0.05, 0) is 49.4 Å². The number of benzene rings is 2. The van der Waals surface area contributed by atoms with E-state index in [1.165, 1.54) is 33.3 Å². The third kappa shape index (κ3) is 5.08. The number of anilines is 2. The summed E-state index contributed by atoms with van der Waals surface area (Å²) < 4.78 is 30.2. The second-order valence-corrected chi connectivity index (χ2v) is 8.39. The summed E-state index contributed by atoms with van der Waals surface area (Å²) in [7, 11) is 0.602. The molecule has 0 heterocycles. The van der Waals surface area contributed by atoms with Gasteiger partial charge in [0, 0.05) is 25.5 Å². The molecule has 0 fully saturated rings. The lowest BCUT2D eigenvalue weighted by Crippen LogP contribution is -2.32. The summed E-state index contributed by atoms with van der Waals surface area (Å²) in [5.41, 5.74) is 1.44. The third-order valence-electron chi connectivity index (χ3n) is 3.96. The molecule has 28 heavy (non-hydrogen) atoms. The monoisotopic (exact) mass is 405 g/mol. The van der Waals surface area contributed by atoms with Crippen molar-refractivity contribution in [3.63, 3.8) is 0 Å². The van der Waals surface area contributed by atoms with Crippen molar-refractivity contribution in [2.45, 2.75) is 17.9 Å². The molecule has 1 atom stereocenters. The molecule has 0 aliphatic rings. The molecule has 2 aromatic rings. The lowest BCUT2D eigenvalue weighted by atomic mass is 10.2. The van der Waals surface area contributed by atoms with E-state index >= 15 is 0 Å². The summed E-state index contributed by atoms with van der Waals surface area (Å²) in [6, 6.07) is 12.0. The van der Waals surface area contributed by atoms with Crippen molar-refractivity contribution in [2.24, 2.45) is 0 Å². The van der Waals surface area contributed by atoms with Crippen molar-refractivity contribution < 1.29 is 22.7 Å². The van der Waals surface area contributed by atoms with E-state index in [0.29, 0.717) is 16.9 Å². The summed E-state index contributed by atoms with van der Waals surface area (Å²) in [5, 5.41) is 5.71. The highest BCUT2D eigenvalue weighted by Gasteiger charge is 2.19. The number of carbonyl (C=O) groups is 2. The van der Waals surface area contributed by atoms with Gasteiger partial charge in [0.15, 0.2) is 0 Å². The van der Waals surface area contributed by atoms with E-state index in [0.717, 1.165) is 4.31 Å². The normalized spacial score (nSPS) is 12.3.